The zero-order valence-corrected chi connectivity index (χ0v) is 27.6. The average Bonchev–Trinajstić information content (AvgIpc) is 3.06. The summed E-state index contributed by atoms with van der Waals surface area (Å²) >= 11 is 3.50. The van der Waals surface area contributed by atoms with E-state index < -0.39 is 23.9 Å². The molecule has 0 fully saturated rings. The lowest BCUT2D eigenvalue weighted by Crippen LogP contribution is -2.45. The first-order chi connectivity index (χ1) is 22.7. The summed E-state index contributed by atoms with van der Waals surface area (Å²) in [6.45, 7) is 3.37. The van der Waals surface area contributed by atoms with Gasteiger partial charge in [-0.1, -0.05) is 18.2 Å². The van der Waals surface area contributed by atoms with Crippen molar-refractivity contribution in [1.29, 1.82) is 5.26 Å². The van der Waals surface area contributed by atoms with Crippen LogP contribution in [-0.2, 0) is 20.9 Å². The van der Waals surface area contributed by atoms with E-state index in [1.54, 1.807) is 56.3 Å². The number of carbonyl (C=O) groups excluding carboxylic acids is 3. The van der Waals surface area contributed by atoms with Crippen molar-refractivity contribution in [2.45, 2.75) is 26.5 Å². The van der Waals surface area contributed by atoms with Gasteiger partial charge in [0.1, 0.15) is 6.61 Å². The molecule has 244 valence electrons. The van der Waals surface area contributed by atoms with Gasteiger partial charge >= 0.3 is 12.0 Å². The van der Waals surface area contributed by atoms with Crippen molar-refractivity contribution in [2.24, 2.45) is 5.10 Å². The van der Waals surface area contributed by atoms with E-state index in [0.717, 1.165) is 5.56 Å². The van der Waals surface area contributed by atoms with Crippen LogP contribution in [-0.4, -0.2) is 51.6 Å². The van der Waals surface area contributed by atoms with Gasteiger partial charge in [-0.05, 0) is 82.9 Å². The zero-order valence-electron chi connectivity index (χ0n) is 26.0. The first kappa shape index (κ1) is 34.3. The number of urea groups is 1. The van der Waals surface area contributed by atoms with E-state index in [1.165, 1.54) is 20.4 Å². The smallest absolute Gasteiger partial charge is 0.338 e. The number of hydrogen-bond donors (Lipinski definition) is 3. The number of hydrazone groups is 1. The second-order valence-corrected chi connectivity index (χ2v) is 10.8. The van der Waals surface area contributed by atoms with Crippen molar-refractivity contribution in [3.63, 3.8) is 0 Å². The molecule has 0 aliphatic carbocycles. The monoisotopic (exact) mass is 705 g/mol. The largest absolute Gasteiger partial charge is 0.493 e. The molecule has 3 N–H and O–H groups in total. The summed E-state index contributed by atoms with van der Waals surface area (Å²) in [6, 6.07) is 16.2. The molecule has 0 radical (unpaired) electrons. The van der Waals surface area contributed by atoms with Crippen molar-refractivity contribution in [2.75, 3.05) is 27.4 Å². The summed E-state index contributed by atoms with van der Waals surface area (Å²) in [4.78, 5) is 37.3. The fourth-order valence-electron chi connectivity index (χ4n) is 4.55. The summed E-state index contributed by atoms with van der Waals surface area (Å²) in [5.74, 6) is 0.384. The summed E-state index contributed by atoms with van der Waals surface area (Å²) in [7, 11) is 2.94. The highest BCUT2D eigenvalue weighted by molar-refractivity contribution is 9.10. The van der Waals surface area contributed by atoms with E-state index in [4.69, 9.17) is 28.9 Å². The van der Waals surface area contributed by atoms with E-state index in [2.05, 4.69) is 43.2 Å². The molecule has 13 nitrogen and oxygen atoms in total. The summed E-state index contributed by atoms with van der Waals surface area (Å²) in [5, 5.41) is 18.3. The maximum Gasteiger partial charge on any atom is 0.338 e. The minimum atomic E-state index is -0.787. The Morgan fingerprint density at radius 1 is 1.04 bits per heavy atom. The Kier molecular flexibility index (Phi) is 11.8. The Morgan fingerprint density at radius 3 is 2.47 bits per heavy atom. The molecule has 3 amide bonds. The first-order valence-electron chi connectivity index (χ1n) is 14.2. The van der Waals surface area contributed by atoms with Gasteiger partial charge in [0.15, 0.2) is 29.6 Å². The Bertz CT molecular complexity index is 1750. The van der Waals surface area contributed by atoms with E-state index in [-0.39, 0.29) is 36.9 Å². The fourth-order valence-corrected chi connectivity index (χ4v) is 5.12. The van der Waals surface area contributed by atoms with Crippen LogP contribution in [0.3, 0.4) is 0 Å². The molecule has 1 aliphatic heterocycles. The third kappa shape index (κ3) is 8.80. The number of hydrogen-bond acceptors (Lipinski definition) is 10. The molecule has 47 heavy (non-hydrogen) atoms. The minimum absolute atomic E-state index is 0.174. The maximum absolute atomic E-state index is 12.6. The number of rotatable bonds is 13. The third-order valence-electron chi connectivity index (χ3n) is 6.77. The molecule has 3 aromatic carbocycles. The van der Waals surface area contributed by atoms with Gasteiger partial charge in [-0.2, -0.15) is 10.4 Å². The quantitative estimate of drug-likeness (QED) is 0.130. The van der Waals surface area contributed by atoms with Crippen molar-refractivity contribution >= 4 is 40.1 Å². The molecule has 0 unspecified atom stereocenters. The molecule has 3 aromatic rings. The van der Waals surface area contributed by atoms with Crippen LogP contribution < -0.4 is 35.0 Å². The highest BCUT2D eigenvalue weighted by Crippen LogP contribution is 2.37. The number of carbonyl (C=O) groups is 3. The van der Waals surface area contributed by atoms with Crippen LogP contribution in [0.1, 0.15) is 42.1 Å². The van der Waals surface area contributed by atoms with E-state index in [1.807, 2.05) is 12.1 Å². The SMILES string of the molecule is CCOC(=O)C1=C(C)NC(=O)N[C@H]1c1ccc(OCC(=O)N/N=C/c2cc(Br)c(OCc3ccc(C#N)cc3)c(OC)c2)c(OC)c1. The number of allylic oxidation sites excluding steroid dienone is 1. The second kappa shape index (κ2) is 16.1. The highest BCUT2D eigenvalue weighted by Gasteiger charge is 2.32. The first-order valence-corrected chi connectivity index (χ1v) is 15.0. The van der Waals surface area contributed by atoms with E-state index in [9.17, 15) is 14.4 Å². The van der Waals surface area contributed by atoms with Crippen LogP contribution in [0.25, 0.3) is 0 Å². The van der Waals surface area contributed by atoms with Crippen LogP contribution >= 0.6 is 15.9 Å². The average molecular weight is 707 g/mol. The van der Waals surface area contributed by atoms with Crippen molar-refractivity contribution in [1.82, 2.24) is 16.1 Å². The molecule has 14 heteroatoms. The van der Waals surface area contributed by atoms with E-state index in [0.29, 0.717) is 38.4 Å². The van der Waals surface area contributed by atoms with Crippen molar-refractivity contribution in [3.05, 3.63) is 92.6 Å². The lowest BCUT2D eigenvalue weighted by molar-refractivity contribution is -0.139. The van der Waals surface area contributed by atoms with Gasteiger partial charge in [-0.15, -0.1) is 0 Å². The van der Waals surface area contributed by atoms with Gasteiger partial charge in [0, 0.05) is 5.70 Å². The number of nitrogens with zero attached hydrogens (tertiary/aromatic N) is 2. The van der Waals surface area contributed by atoms with Crippen molar-refractivity contribution in [3.8, 4) is 29.1 Å². The van der Waals surface area contributed by atoms with Crippen LogP contribution in [0, 0.1) is 11.3 Å². The van der Waals surface area contributed by atoms with E-state index >= 15 is 0 Å². The Morgan fingerprint density at radius 2 is 1.79 bits per heavy atom. The Labute approximate surface area is 279 Å². The summed E-state index contributed by atoms with van der Waals surface area (Å²) < 4.78 is 28.3. The van der Waals surface area contributed by atoms with Crippen LogP contribution in [0.4, 0.5) is 4.79 Å². The van der Waals surface area contributed by atoms with Crippen LogP contribution in [0.15, 0.2) is 75.4 Å². The van der Waals surface area contributed by atoms with Gasteiger partial charge in [-0.25, -0.2) is 15.0 Å². The molecular weight excluding hydrogens is 674 g/mol. The summed E-state index contributed by atoms with van der Waals surface area (Å²) in [5.41, 5.74) is 5.66. The molecule has 1 atom stereocenters. The lowest BCUT2D eigenvalue weighted by Gasteiger charge is -2.28. The summed E-state index contributed by atoms with van der Waals surface area (Å²) in [6.07, 6.45) is 1.44. The number of ether oxygens (including phenoxy) is 5. The number of methoxy groups -OCH3 is 2. The minimum Gasteiger partial charge on any atom is -0.493 e. The van der Waals surface area contributed by atoms with Gasteiger partial charge in [0.05, 0.1) is 54.8 Å². The molecular formula is C33H32BrN5O8. The number of esters is 1. The molecule has 0 aromatic heterocycles. The molecule has 0 spiro atoms. The predicted octanol–water partition coefficient (Wildman–Crippen LogP) is 4.64. The molecule has 1 heterocycles. The standard InChI is InChI=1S/C33H32BrN5O8/c1-5-45-32(41)29-19(2)37-33(42)38-30(29)23-10-11-25(26(14-23)43-3)46-18-28(40)39-36-16-22-12-24(34)31(27(13-22)44-4)47-17-21-8-6-20(15-35)7-9-21/h6-14,16,30H,5,17-18H2,1-4H3,(H,39,40)(H2,37,38,42)/b36-16+/t30-/m0/s1. The second-order valence-electron chi connectivity index (χ2n) is 9.91. The normalized spacial score (nSPS) is 14.0. The topological polar surface area (TPSA) is 170 Å². The highest BCUT2D eigenvalue weighted by atomic mass is 79.9. The van der Waals surface area contributed by atoms with Gasteiger partial charge in [-0.3, -0.25) is 4.79 Å². The van der Waals surface area contributed by atoms with Crippen LogP contribution in [0.2, 0.25) is 0 Å². The Balaban J connectivity index is 1.37. The Hall–Kier alpha value is -5.55. The fraction of sp³-hybridized carbons (Fsp3) is 0.242. The van der Waals surface area contributed by atoms with Crippen molar-refractivity contribution < 1.29 is 38.1 Å². The number of nitriles is 1. The number of benzene rings is 3. The number of amides is 3. The number of halogens is 1. The maximum atomic E-state index is 12.6. The molecule has 4 rings (SSSR count). The van der Waals surface area contributed by atoms with Crippen LogP contribution in [0.5, 0.6) is 23.0 Å². The van der Waals surface area contributed by atoms with Gasteiger partial charge in [0.2, 0.25) is 0 Å². The lowest BCUT2D eigenvalue weighted by atomic mass is 9.95. The zero-order chi connectivity index (χ0) is 33.9. The van der Waals surface area contributed by atoms with Gasteiger partial charge in [0.25, 0.3) is 5.91 Å². The molecule has 0 saturated carbocycles. The predicted molar refractivity (Wildman–Crippen MR) is 174 cm³/mol. The molecule has 0 saturated heterocycles. The van der Waals surface area contributed by atoms with Gasteiger partial charge < -0.3 is 34.3 Å². The third-order valence-corrected chi connectivity index (χ3v) is 7.35. The molecule has 1 aliphatic rings. The number of nitrogens with one attached hydrogen (secondary N) is 3. The molecule has 0 bridgehead atoms.